The van der Waals surface area contributed by atoms with Crippen LogP contribution < -0.4 is 16.0 Å². The molecule has 1 atom stereocenters. The molecule has 1 aromatic heterocycles. The molecule has 0 bridgehead atoms. The third kappa shape index (κ3) is 3.64. The van der Waals surface area contributed by atoms with E-state index >= 15 is 0 Å². The Morgan fingerprint density at radius 2 is 2.29 bits per heavy atom. The summed E-state index contributed by atoms with van der Waals surface area (Å²) in [5.41, 5.74) is 4.47. The van der Waals surface area contributed by atoms with E-state index in [1.165, 1.54) is 4.57 Å². The van der Waals surface area contributed by atoms with Gasteiger partial charge in [-0.05, 0) is 30.7 Å². The van der Waals surface area contributed by atoms with Crippen molar-refractivity contribution in [3.8, 4) is 5.75 Å². The zero-order valence-electron chi connectivity index (χ0n) is 13.2. The van der Waals surface area contributed by atoms with E-state index in [0.717, 1.165) is 0 Å². The minimum atomic E-state index is -1.01. The lowest BCUT2D eigenvalue weighted by molar-refractivity contribution is -0.139. The number of nitrogen functional groups attached to an aromatic ring is 1. The SMILES string of the molecule is C=CCOc1cccc(C(C(=O)O)n2ccc(NN)c(C)c2=S)c1. The number of nitrogens with one attached hydrogen (secondary N) is 1. The van der Waals surface area contributed by atoms with Crippen LogP contribution >= 0.6 is 12.2 Å². The molecule has 0 aliphatic carbocycles. The second-order valence-electron chi connectivity index (χ2n) is 5.12. The maximum Gasteiger partial charge on any atom is 0.331 e. The van der Waals surface area contributed by atoms with Crippen molar-refractivity contribution < 1.29 is 14.6 Å². The minimum absolute atomic E-state index is 0.344. The van der Waals surface area contributed by atoms with Crippen molar-refractivity contribution in [1.82, 2.24) is 4.57 Å². The van der Waals surface area contributed by atoms with E-state index in [2.05, 4.69) is 12.0 Å². The lowest BCUT2D eigenvalue weighted by Crippen LogP contribution is -2.22. The second kappa shape index (κ2) is 7.76. The summed E-state index contributed by atoms with van der Waals surface area (Å²) >= 11 is 5.40. The average molecular weight is 345 g/mol. The maximum atomic E-state index is 11.9. The molecule has 1 unspecified atom stereocenters. The van der Waals surface area contributed by atoms with Crippen molar-refractivity contribution in [2.45, 2.75) is 13.0 Å². The van der Waals surface area contributed by atoms with Crippen molar-refractivity contribution in [2.24, 2.45) is 5.84 Å². The molecule has 2 rings (SSSR count). The first-order valence-corrected chi connectivity index (χ1v) is 7.65. The van der Waals surface area contributed by atoms with Gasteiger partial charge in [-0.2, -0.15) is 0 Å². The number of hydrazine groups is 1. The van der Waals surface area contributed by atoms with Crippen molar-refractivity contribution >= 4 is 23.9 Å². The van der Waals surface area contributed by atoms with Gasteiger partial charge in [0.1, 0.15) is 17.0 Å². The molecule has 0 spiro atoms. The highest BCUT2D eigenvalue weighted by atomic mass is 32.1. The zero-order chi connectivity index (χ0) is 17.7. The Bertz CT molecular complexity index is 817. The number of carboxylic acids is 1. The first-order chi connectivity index (χ1) is 11.5. The fourth-order valence-corrected chi connectivity index (χ4v) is 2.64. The third-order valence-electron chi connectivity index (χ3n) is 3.57. The van der Waals surface area contributed by atoms with Crippen LogP contribution in [-0.2, 0) is 4.79 Å². The Balaban J connectivity index is 2.52. The van der Waals surface area contributed by atoms with Crippen LogP contribution in [0.3, 0.4) is 0 Å². The highest BCUT2D eigenvalue weighted by Crippen LogP contribution is 2.26. The van der Waals surface area contributed by atoms with Gasteiger partial charge in [-0.3, -0.25) is 5.84 Å². The van der Waals surface area contributed by atoms with E-state index in [4.69, 9.17) is 22.8 Å². The number of aliphatic carboxylic acids is 1. The molecular weight excluding hydrogens is 326 g/mol. The number of aromatic nitrogens is 1. The normalized spacial score (nSPS) is 11.6. The highest BCUT2D eigenvalue weighted by molar-refractivity contribution is 7.71. The summed E-state index contributed by atoms with van der Waals surface area (Å²) in [7, 11) is 0. The van der Waals surface area contributed by atoms with E-state index in [0.29, 0.717) is 33.8 Å². The quantitative estimate of drug-likeness (QED) is 0.309. The van der Waals surface area contributed by atoms with Crippen LogP contribution in [-0.4, -0.2) is 22.2 Å². The Morgan fingerprint density at radius 3 is 2.92 bits per heavy atom. The molecule has 1 heterocycles. The number of ether oxygens (including phenoxy) is 1. The standard InChI is InChI=1S/C17H19N3O3S/c1-3-9-23-13-6-4-5-12(10-13)15(17(21)22)20-8-7-14(19-18)11(2)16(20)24/h3-8,10,15,19H,1,9,18H2,2H3,(H,21,22). The topological polar surface area (TPSA) is 89.5 Å². The maximum absolute atomic E-state index is 11.9. The van der Waals surface area contributed by atoms with Crippen molar-refractivity contribution in [3.05, 3.63) is 65.0 Å². The molecule has 2 aromatic rings. The summed E-state index contributed by atoms with van der Waals surface area (Å²) in [5, 5.41) is 9.72. The molecule has 0 aliphatic rings. The van der Waals surface area contributed by atoms with Crippen LogP contribution in [0, 0.1) is 11.6 Å². The third-order valence-corrected chi connectivity index (χ3v) is 4.09. The molecule has 0 aliphatic heterocycles. The largest absolute Gasteiger partial charge is 0.490 e. The van der Waals surface area contributed by atoms with Crippen molar-refractivity contribution in [2.75, 3.05) is 12.0 Å². The monoisotopic (exact) mass is 345 g/mol. The fraction of sp³-hybridized carbons (Fsp3) is 0.176. The number of anilines is 1. The number of nitrogens with two attached hydrogens (primary N) is 1. The lowest BCUT2D eigenvalue weighted by Gasteiger charge is -2.20. The van der Waals surface area contributed by atoms with E-state index in [-0.39, 0.29) is 0 Å². The van der Waals surface area contributed by atoms with Gasteiger partial charge in [-0.1, -0.05) is 37.0 Å². The first kappa shape index (κ1) is 17.7. The molecule has 0 fully saturated rings. The predicted molar refractivity (Wildman–Crippen MR) is 95.7 cm³/mol. The predicted octanol–water partition coefficient (Wildman–Crippen LogP) is 3.05. The highest BCUT2D eigenvalue weighted by Gasteiger charge is 2.23. The van der Waals surface area contributed by atoms with E-state index in [1.54, 1.807) is 49.5 Å². The molecule has 24 heavy (non-hydrogen) atoms. The Kier molecular flexibility index (Phi) is 5.73. The van der Waals surface area contributed by atoms with Gasteiger partial charge in [0, 0.05) is 11.8 Å². The summed E-state index contributed by atoms with van der Waals surface area (Å²) in [6.07, 6.45) is 3.24. The number of hydrogen-bond acceptors (Lipinski definition) is 5. The Morgan fingerprint density at radius 1 is 1.54 bits per heavy atom. The van der Waals surface area contributed by atoms with Gasteiger partial charge in [0.2, 0.25) is 0 Å². The summed E-state index contributed by atoms with van der Waals surface area (Å²) in [6, 6.07) is 7.66. The van der Waals surface area contributed by atoms with Gasteiger partial charge in [0.05, 0.1) is 5.69 Å². The first-order valence-electron chi connectivity index (χ1n) is 7.24. The Hall–Kier alpha value is -2.64. The van der Waals surface area contributed by atoms with Gasteiger partial charge in [-0.25, -0.2) is 4.79 Å². The van der Waals surface area contributed by atoms with Gasteiger partial charge in [0.15, 0.2) is 6.04 Å². The smallest absolute Gasteiger partial charge is 0.331 e. The summed E-state index contributed by atoms with van der Waals surface area (Å²) in [5.74, 6) is 4.99. The van der Waals surface area contributed by atoms with E-state index < -0.39 is 12.0 Å². The number of rotatable bonds is 7. The van der Waals surface area contributed by atoms with Crippen LogP contribution in [0.1, 0.15) is 17.2 Å². The number of carboxylic acid groups (broad SMARTS) is 1. The molecule has 7 heteroatoms. The van der Waals surface area contributed by atoms with Crippen LogP contribution in [0.5, 0.6) is 5.75 Å². The van der Waals surface area contributed by atoms with Crippen LogP contribution in [0.25, 0.3) is 0 Å². The van der Waals surface area contributed by atoms with Gasteiger partial charge in [-0.15, -0.1) is 0 Å². The molecular formula is C17H19N3O3S. The van der Waals surface area contributed by atoms with E-state index in [1.807, 2.05) is 0 Å². The molecule has 0 saturated heterocycles. The second-order valence-corrected chi connectivity index (χ2v) is 5.51. The average Bonchev–Trinajstić information content (AvgIpc) is 2.57. The molecule has 4 N–H and O–H groups in total. The summed E-state index contributed by atoms with van der Waals surface area (Å²) in [4.78, 5) is 11.9. The van der Waals surface area contributed by atoms with Gasteiger partial charge >= 0.3 is 5.97 Å². The molecule has 0 amide bonds. The number of nitrogens with zero attached hydrogens (tertiary/aromatic N) is 1. The molecule has 1 aromatic carbocycles. The number of benzene rings is 1. The van der Waals surface area contributed by atoms with Gasteiger partial charge < -0.3 is 19.8 Å². The molecule has 0 radical (unpaired) electrons. The number of carbonyl (C=O) groups is 1. The number of hydrogen-bond donors (Lipinski definition) is 3. The molecule has 0 saturated carbocycles. The Labute approximate surface area is 145 Å². The van der Waals surface area contributed by atoms with E-state index in [9.17, 15) is 9.90 Å². The van der Waals surface area contributed by atoms with Crippen LogP contribution in [0.4, 0.5) is 5.69 Å². The van der Waals surface area contributed by atoms with Crippen molar-refractivity contribution in [3.63, 3.8) is 0 Å². The number of pyridine rings is 1. The summed E-state index contributed by atoms with van der Waals surface area (Å²) < 4.78 is 7.41. The lowest BCUT2D eigenvalue weighted by atomic mass is 10.1. The fourth-order valence-electron chi connectivity index (χ4n) is 2.37. The zero-order valence-corrected chi connectivity index (χ0v) is 14.0. The van der Waals surface area contributed by atoms with Crippen LogP contribution in [0.2, 0.25) is 0 Å². The van der Waals surface area contributed by atoms with Crippen LogP contribution in [0.15, 0.2) is 49.2 Å². The molecule has 6 nitrogen and oxygen atoms in total. The molecule has 126 valence electrons. The summed E-state index contributed by atoms with van der Waals surface area (Å²) in [6.45, 7) is 5.73. The van der Waals surface area contributed by atoms with Gasteiger partial charge in [0.25, 0.3) is 0 Å². The van der Waals surface area contributed by atoms with Crippen molar-refractivity contribution in [1.29, 1.82) is 0 Å². The minimum Gasteiger partial charge on any atom is -0.490 e.